The molecule has 0 fully saturated rings. The van der Waals surface area contributed by atoms with E-state index in [9.17, 15) is 0 Å². The summed E-state index contributed by atoms with van der Waals surface area (Å²) in [5, 5.41) is 3.39. The summed E-state index contributed by atoms with van der Waals surface area (Å²) < 4.78 is 10.6. The van der Waals surface area contributed by atoms with Crippen LogP contribution >= 0.6 is 24.0 Å². The number of hydrogen-bond acceptors (Lipinski definition) is 5. The van der Waals surface area contributed by atoms with Gasteiger partial charge in [-0.3, -0.25) is 4.99 Å². The fourth-order valence-electron chi connectivity index (χ4n) is 2.24. The van der Waals surface area contributed by atoms with Crippen molar-refractivity contribution >= 4 is 29.9 Å². The lowest BCUT2D eigenvalue weighted by Crippen LogP contribution is -2.42. The van der Waals surface area contributed by atoms with Crippen LogP contribution in [0.25, 0.3) is 0 Å². The number of nitrogens with one attached hydrogen (secondary N) is 1. The van der Waals surface area contributed by atoms with Crippen LogP contribution in [0.5, 0.6) is 11.5 Å². The average molecular weight is 405 g/mol. The van der Waals surface area contributed by atoms with Crippen molar-refractivity contribution in [1.29, 1.82) is 0 Å². The zero-order chi connectivity index (χ0) is 14.4. The normalized spacial score (nSPS) is 14.0. The zero-order valence-corrected chi connectivity index (χ0v) is 15.2. The average Bonchev–Trinajstić information content (AvgIpc) is 2.48. The second-order valence-electron chi connectivity index (χ2n) is 4.88. The molecule has 0 saturated heterocycles. The molecule has 2 rings (SSSR count). The molecular weight excluding hydrogens is 381 g/mol. The molecule has 0 aliphatic carbocycles. The van der Waals surface area contributed by atoms with Crippen LogP contribution in [0.3, 0.4) is 0 Å². The third-order valence-corrected chi connectivity index (χ3v) is 3.38. The minimum absolute atomic E-state index is 0. The first-order valence-electron chi connectivity index (χ1n) is 6.94. The quantitative estimate of drug-likeness (QED) is 0.763. The Hall–Kier alpha value is -1.18. The molecule has 118 valence electrons. The van der Waals surface area contributed by atoms with Crippen LogP contribution in [-0.4, -0.2) is 51.8 Å². The van der Waals surface area contributed by atoms with Crippen LogP contribution in [0.4, 0.5) is 0 Å². The standard InChI is InChI=1S/C15H23N3O2.HI/c1-18-8-4-6-16-15(18)17-7-5-12-9-13(19-2)11-14(10-12)20-3;/h9-11H,4-8H2,1-3H3,(H,16,17);1H. The molecule has 0 atom stereocenters. The molecule has 1 aromatic carbocycles. The summed E-state index contributed by atoms with van der Waals surface area (Å²) in [6.45, 7) is 2.83. The second kappa shape index (κ2) is 8.96. The van der Waals surface area contributed by atoms with Crippen molar-refractivity contribution in [3.63, 3.8) is 0 Å². The lowest BCUT2D eigenvalue weighted by Gasteiger charge is -2.25. The van der Waals surface area contributed by atoms with Gasteiger partial charge in [-0.2, -0.15) is 0 Å². The number of ether oxygens (including phenoxy) is 2. The number of aliphatic imine (C=N–C) groups is 1. The molecular formula is C15H24IN3O2. The SMILES string of the molecule is COc1cc(CCNC2=NCCCN2C)cc(OC)c1.I. The first-order chi connectivity index (χ1) is 9.72. The van der Waals surface area contributed by atoms with E-state index in [2.05, 4.69) is 22.3 Å². The van der Waals surface area contributed by atoms with E-state index in [1.165, 1.54) is 5.56 Å². The Morgan fingerprint density at radius 1 is 1.19 bits per heavy atom. The molecule has 0 bridgehead atoms. The molecule has 21 heavy (non-hydrogen) atoms. The fraction of sp³-hybridized carbons (Fsp3) is 0.533. The van der Waals surface area contributed by atoms with Gasteiger partial charge in [-0.05, 0) is 30.5 Å². The summed E-state index contributed by atoms with van der Waals surface area (Å²) in [4.78, 5) is 6.65. The van der Waals surface area contributed by atoms with E-state index in [-0.39, 0.29) is 24.0 Å². The van der Waals surface area contributed by atoms with Crippen molar-refractivity contribution in [3.05, 3.63) is 23.8 Å². The lowest BCUT2D eigenvalue weighted by atomic mass is 10.1. The van der Waals surface area contributed by atoms with Crippen LogP contribution in [0, 0.1) is 0 Å². The Morgan fingerprint density at radius 2 is 1.86 bits per heavy atom. The Balaban J connectivity index is 0.00000220. The van der Waals surface area contributed by atoms with Gasteiger partial charge in [0, 0.05) is 32.7 Å². The summed E-state index contributed by atoms with van der Waals surface area (Å²) in [6.07, 6.45) is 2.04. The number of halogens is 1. The Labute approximate surface area is 143 Å². The predicted octanol–water partition coefficient (Wildman–Crippen LogP) is 2.15. The molecule has 0 unspecified atom stereocenters. The highest BCUT2D eigenvalue weighted by Gasteiger charge is 2.10. The smallest absolute Gasteiger partial charge is 0.193 e. The largest absolute Gasteiger partial charge is 0.497 e. The third kappa shape index (κ3) is 5.26. The summed E-state index contributed by atoms with van der Waals surface area (Å²) in [6, 6.07) is 5.96. The van der Waals surface area contributed by atoms with Crippen molar-refractivity contribution in [2.24, 2.45) is 4.99 Å². The number of benzene rings is 1. The van der Waals surface area contributed by atoms with E-state index in [4.69, 9.17) is 9.47 Å². The van der Waals surface area contributed by atoms with Gasteiger partial charge in [0.25, 0.3) is 0 Å². The molecule has 1 aliphatic rings. The van der Waals surface area contributed by atoms with Gasteiger partial charge in [-0.1, -0.05) is 0 Å². The summed E-state index contributed by atoms with van der Waals surface area (Å²) in [5.74, 6) is 2.64. The minimum Gasteiger partial charge on any atom is -0.497 e. The van der Waals surface area contributed by atoms with Gasteiger partial charge in [-0.25, -0.2) is 0 Å². The van der Waals surface area contributed by atoms with E-state index < -0.39 is 0 Å². The highest BCUT2D eigenvalue weighted by Crippen LogP contribution is 2.22. The van der Waals surface area contributed by atoms with Gasteiger partial charge in [-0.15, -0.1) is 24.0 Å². The van der Waals surface area contributed by atoms with Gasteiger partial charge in [0.1, 0.15) is 11.5 Å². The van der Waals surface area contributed by atoms with Crippen LogP contribution in [0.1, 0.15) is 12.0 Å². The van der Waals surface area contributed by atoms with Crippen LogP contribution in [-0.2, 0) is 6.42 Å². The second-order valence-corrected chi connectivity index (χ2v) is 4.88. The van der Waals surface area contributed by atoms with Crippen LogP contribution in [0.15, 0.2) is 23.2 Å². The lowest BCUT2D eigenvalue weighted by molar-refractivity contribution is 0.393. The van der Waals surface area contributed by atoms with Gasteiger partial charge in [0.05, 0.1) is 14.2 Å². The topological polar surface area (TPSA) is 46.1 Å². The number of rotatable bonds is 5. The number of hydrogen-bond donors (Lipinski definition) is 1. The highest BCUT2D eigenvalue weighted by molar-refractivity contribution is 14.0. The maximum Gasteiger partial charge on any atom is 0.193 e. The summed E-state index contributed by atoms with van der Waals surface area (Å²) >= 11 is 0. The zero-order valence-electron chi connectivity index (χ0n) is 12.9. The molecule has 0 amide bonds. The van der Waals surface area contributed by atoms with Crippen LogP contribution in [0.2, 0.25) is 0 Å². The predicted molar refractivity (Wildman–Crippen MR) is 96.2 cm³/mol. The molecule has 1 aliphatic heterocycles. The number of methoxy groups -OCH3 is 2. The summed E-state index contributed by atoms with van der Waals surface area (Å²) in [5.41, 5.74) is 1.19. The highest BCUT2D eigenvalue weighted by atomic mass is 127. The Kier molecular flexibility index (Phi) is 7.63. The maximum absolute atomic E-state index is 5.28. The van der Waals surface area contributed by atoms with E-state index in [0.29, 0.717) is 0 Å². The molecule has 1 N–H and O–H groups in total. The summed E-state index contributed by atoms with van der Waals surface area (Å²) in [7, 11) is 5.41. The van der Waals surface area contributed by atoms with E-state index in [1.807, 2.05) is 18.2 Å². The van der Waals surface area contributed by atoms with E-state index in [1.54, 1.807) is 14.2 Å². The number of guanidine groups is 1. The van der Waals surface area contributed by atoms with Crippen molar-refractivity contribution in [3.8, 4) is 11.5 Å². The fourth-order valence-corrected chi connectivity index (χ4v) is 2.24. The molecule has 0 radical (unpaired) electrons. The molecule has 0 saturated carbocycles. The number of nitrogens with zero attached hydrogens (tertiary/aromatic N) is 2. The van der Waals surface area contributed by atoms with Crippen molar-refractivity contribution in [2.45, 2.75) is 12.8 Å². The van der Waals surface area contributed by atoms with Crippen molar-refractivity contribution in [1.82, 2.24) is 10.2 Å². The molecule has 0 aromatic heterocycles. The van der Waals surface area contributed by atoms with Crippen molar-refractivity contribution < 1.29 is 9.47 Å². The molecule has 1 aromatic rings. The Morgan fingerprint density at radius 3 is 2.43 bits per heavy atom. The maximum atomic E-state index is 5.28. The third-order valence-electron chi connectivity index (χ3n) is 3.38. The van der Waals surface area contributed by atoms with E-state index in [0.717, 1.165) is 49.9 Å². The van der Waals surface area contributed by atoms with Gasteiger partial charge in [0.2, 0.25) is 0 Å². The first kappa shape index (κ1) is 17.9. The Bertz CT molecular complexity index is 458. The van der Waals surface area contributed by atoms with E-state index >= 15 is 0 Å². The molecule has 0 spiro atoms. The van der Waals surface area contributed by atoms with Crippen molar-refractivity contribution in [2.75, 3.05) is 40.9 Å². The molecule has 5 nitrogen and oxygen atoms in total. The minimum atomic E-state index is 0. The van der Waals surface area contributed by atoms with Gasteiger partial charge < -0.3 is 19.7 Å². The molecule has 1 heterocycles. The monoisotopic (exact) mass is 405 g/mol. The van der Waals surface area contributed by atoms with Gasteiger partial charge in [0.15, 0.2) is 5.96 Å². The first-order valence-corrected chi connectivity index (χ1v) is 6.94. The van der Waals surface area contributed by atoms with Crippen LogP contribution < -0.4 is 14.8 Å². The molecule has 6 heteroatoms. The van der Waals surface area contributed by atoms with Gasteiger partial charge >= 0.3 is 0 Å².